The van der Waals surface area contributed by atoms with Crippen LogP contribution in [0.15, 0.2) is 12.1 Å². The Morgan fingerprint density at radius 3 is 2.39 bits per heavy atom. The van der Waals surface area contributed by atoms with Crippen LogP contribution in [0.1, 0.15) is 6.92 Å². The molecule has 0 aromatic heterocycles. The van der Waals surface area contributed by atoms with E-state index in [2.05, 4.69) is 5.32 Å². The second-order valence-corrected chi connectivity index (χ2v) is 4.48. The first-order valence-corrected chi connectivity index (χ1v) is 5.68. The third-order valence-corrected chi connectivity index (χ3v) is 2.84. The van der Waals surface area contributed by atoms with E-state index < -0.39 is 16.8 Å². The van der Waals surface area contributed by atoms with E-state index in [-0.39, 0.29) is 28.0 Å². The van der Waals surface area contributed by atoms with Crippen LogP contribution >= 0.6 is 23.2 Å². The number of carboxylic acids is 1. The number of carboxylic acid groups (broad SMARTS) is 1. The number of nitrogens with zero attached hydrogens (tertiary/aromatic N) is 1. The second-order valence-electron chi connectivity index (χ2n) is 3.66. The van der Waals surface area contributed by atoms with Crippen molar-refractivity contribution in [3.8, 4) is 0 Å². The molecule has 6 nitrogen and oxygen atoms in total. The first-order chi connectivity index (χ1) is 8.32. The molecule has 1 rings (SSSR count). The third-order valence-electron chi connectivity index (χ3n) is 2.24. The van der Waals surface area contributed by atoms with Crippen molar-refractivity contribution >= 4 is 40.5 Å². The summed E-state index contributed by atoms with van der Waals surface area (Å²) in [7, 11) is 0. The van der Waals surface area contributed by atoms with Crippen molar-refractivity contribution in [3.63, 3.8) is 0 Å². The standard InChI is InChI=1S/C10H10Cl2N2O4/c1-5(10(15)16)4-13-9-7(11)2-6(14(17)18)3-8(9)12/h2-3,5,13H,4H2,1H3,(H,15,16). The van der Waals surface area contributed by atoms with Crippen LogP contribution < -0.4 is 5.32 Å². The van der Waals surface area contributed by atoms with Crippen LogP contribution in [0.4, 0.5) is 11.4 Å². The molecule has 0 fully saturated rings. The van der Waals surface area contributed by atoms with Gasteiger partial charge in [0, 0.05) is 18.7 Å². The summed E-state index contributed by atoms with van der Waals surface area (Å²) in [4.78, 5) is 20.6. The fourth-order valence-corrected chi connectivity index (χ4v) is 1.79. The van der Waals surface area contributed by atoms with Crippen molar-refractivity contribution < 1.29 is 14.8 Å². The summed E-state index contributed by atoms with van der Waals surface area (Å²) in [6.07, 6.45) is 0. The topological polar surface area (TPSA) is 92.5 Å². The van der Waals surface area contributed by atoms with Crippen molar-refractivity contribution in [2.45, 2.75) is 6.92 Å². The van der Waals surface area contributed by atoms with Crippen LogP contribution in [0.5, 0.6) is 0 Å². The molecule has 1 atom stereocenters. The first kappa shape index (κ1) is 14.5. The highest BCUT2D eigenvalue weighted by atomic mass is 35.5. The Kier molecular flexibility index (Phi) is 4.75. The molecule has 0 spiro atoms. The number of nitro groups is 1. The maximum atomic E-state index is 10.6. The van der Waals surface area contributed by atoms with Crippen molar-refractivity contribution in [2.75, 3.05) is 11.9 Å². The molecule has 8 heteroatoms. The smallest absolute Gasteiger partial charge is 0.308 e. The van der Waals surface area contributed by atoms with Gasteiger partial charge >= 0.3 is 5.97 Å². The normalized spacial score (nSPS) is 11.9. The SMILES string of the molecule is CC(CNc1c(Cl)cc([N+](=O)[O-])cc1Cl)C(=O)O. The molecule has 18 heavy (non-hydrogen) atoms. The Labute approximate surface area is 113 Å². The Hall–Kier alpha value is -1.53. The molecule has 98 valence electrons. The van der Waals surface area contributed by atoms with Crippen molar-refractivity contribution in [1.29, 1.82) is 0 Å². The number of aliphatic carboxylic acids is 1. The fourth-order valence-electron chi connectivity index (χ4n) is 1.18. The molecule has 0 aliphatic heterocycles. The highest BCUT2D eigenvalue weighted by Crippen LogP contribution is 2.34. The van der Waals surface area contributed by atoms with Gasteiger partial charge in [0.1, 0.15) is 0 Å². The average molecular weight is 293 g/mol. The van der Waals surface area contributed by atoms with Gasteiger partial charge in [-0.15, -0.1) is 0 Å². The predicted octanol–water partition coefficient (Wildman–Crippen LogP) is 3.03. The molecule has 1 aromatic rings. The summed E-state index contributed by atoms with van der Waals surface area (Å²) in [5.74, 6) is -1.59. The minimum atomic E-state index is -0.961. The summed E-state index contributed by atoms with van der Waals surface area (Å²) in [6.45, 7) is 1.63. The van der Waals surface area contributed by atoms with Crippen LogP contribution in [-0.2, 0) is 4.79 Å². The van der Waals surface area contributed by atoms with Crippen LogP contribution in [0.25, 0.3) is 0 Å². The number of anilines is 1. The molecule has 0 aliphatic rings. The van der Waals surface area contributed by atoms with E-state index in [0.29, 0.717) is 0 Å². The summed E-state index contributed by atoms with van der Waals surface area (Å²) in [5.41, 5.74) is 0.0684. The van der Waals surface area contributed by atoms with Crippen LogP contribution in [0.3, 0.4) is 0 Å². The van der Waals surface area contributed by atoms with Crippen molar-refractivity contribution in [1.82, 2.24) is 0 Å². The average Bonchev–Trinajstić information content (AvgIpc) is 2.26. The van der Waals surface area contributed by atoms with E-state index in [9.17, 15) is 14.9 Å². The van der Waals surface area contributed by atoms with Gasteiger partial charge in [0.15, 0.2) is 0 Å². The molecule has 1 aromatic carbocycles. The van der Waals surface area contributed by atoms with E-state index in [1.165, 1.54) is 6.92 Å². The van der Waals surface area contributed by atoms with Crippen LogP contribution in [0.2, 0.25) is 10.0 Å². The monoisotopic (exact) mass is 292 g/mol. The zero-order valence-corrected chi connectivity index (χ0v) is 10.8. The zero-order chi connectivity index (χ0) is 13.9. The summed E-state index contributed by atoms with van der Waals surface area (Å²) < 4.78 is 0. The molecule has 0 heterocycles. The van der Waals surface area contributed by atoms with Gasteiger partial charge in [-0.3, -0.25) is 14.9 Å². The lowest BCUT2D eigenvalue weighted by atomic mass is 10.2. The molecular formula is C10H10Cl2N2O4. The maximum Gasteiger partial charge on any atom is 0.308 e. The number of hydrogen-bond acceptors (Lipinski definition) is 4. The van der Waals surface area contributed by atoms with Crippen molar-refractivity contribution in [3.05, 3.63) is 32.3 Å². The number of non-ortho nitro benzene ring substituents is 1. The summed E-state index contributed by atoms with van der Waals surface area (Å²) in [6, 6.07) is 2.31. The number of halogens is 2. The summed E-state index contributed by atoms with van der Waals surface area (Å²) >= 11 is 11.7. The lowest BCUT2D eigenvalue weighted by Gasteiger charge is -2.12. The Morgan fingerprint density at radius 1 is 1.50 bits per heavy atom. The number of benzene rings is 1. The summed E-state index contributed by atoms with van der Waals surface area (Å²) in [5, 5.41) is 22.2. The molecular weight excluding hydrogens is 283 g/mol. The molecule has 0 saturated heterocycles. The van der Waals surface area contributed by atoms with E-state index >= 15 is 0 Å². The fraction of sp³-hybridized carbons (Fsp3) is 0.300. The number of hydrogen-bond donors (Lipinski definition) is 2. The second kappa shape index (κ2) is 5.88. The Bertz CT molecular complexity index is 470. The number of carbonyl (C=O) groups is 1. The lowest BCUT2D eigenvalue weighted by molar-refractivity contribution is -0.384. The van der Waals surface area contributed by atoms with E-state index in [4.69, 9.17) is 28.3 Å². The van der Waals surface area contributed by atoms with E-state index in [1.54, 1.807) is 0 Å². The van der Waals surface area contributed by atoms with Crippen LogP contribution in [0, 0.1) is 16.0 Å². The molecule has 0 amide bonds. The number of nitro benzene ring substituents is 1. The molecule has 1 unspecified atom stereocenters. The zero-order valence-electron chi connectivity index (χ0n) is 9.31. The van der Waals surface area contributed by atoms with Gasteiger partial charge in [0.05, 0.1) is 26.6 Å². The Balaban J connectivity index is 2.90. The highest BCUT2D eigenvalue weighted by Gasteiger charge is 2.16. The molecule has 2 N–H and O–H groups in total. The van der Waals surface area contributed by atoms with Crippen LogP contribution in [-0.4, -0.2) is 22.5 Å². The van der Waals surface area contributed by atoms with Gasteiger partial charge in [-0.1, -0.05) is 30.1 Å². The van der Waals surface area contributed by atoms with Gasteiger partial charge in [-0.25, -0.2) is 0 Å². The first-order valence-electron chi connectivity index (χ1n) is 4.93. The van der Waals surface area contributed by atoms with Gasteiger partial charge in [0.2, 0.25) is 0 Å². The predicted molar refractivity (Wildman–Crippen MR) is 68.4 cm³/mol. The number of nitrogens with one attached hydrogen (secondary N) is 1. The lowest BCUT2D eigenvalue weighted by Crippen LogP contribution is -2.19. The van der Waals surface area contributed by atoms with Crippen molar-refractivity contribution in [2.24, 2.45) is 5.92 Å². The van der Waals surface area contributed by atoms with E-state index in [1.807, 2.05) is 0 Å². The molecule has 0 bridgehead atoms. The Morgan fingerprint density at radius 2 is 2.00 bits per heavy atom. The minimum absolute atomic E-state index is 0.0757. The largest absolute Gasteiger partial charge is 0.481 e. The molecule has 0 saturated carbocycles. The van der Waals surface area contributed by atoms with Gasteiger partial charge in [0.25, 0.3) is 5.69 Å². The van der Waals surface area contributed by atoms with Gasteiger partial charge < -0.3 is 10.4 Å². The van der Waals surface area contributed by atoms with E-state index in [0.717, 1.165) is 12.1 Å². The molecule has 0 aliphatic carbocycles. The van der Waals surface area contributed by atoms with Gasteiger partial charge in [-0.2, -0.15) is 0 Å². The number of rotatable bonds is 5. The minimum Gasteiger partial charge on any atom is -0.481 e. The quantitative estimate of drug-likeness (QED) is 0.643. The maximum absolute atomic E-state index is 10.6. The molecule has 0 radical (unpaired) electrons. The third kappa shape index (κ3) is 3.48. The highest BCUT2D eigenvalue weighted by molar-refractivity contribution is 6.39. The van der Waals surface area contributed by atoms with Gasteiger partial charge in [-0.05, 0) is 0 Å².